The fourth-order valence-electron chi connectivity index (χ4n) is 4.88. The number of hydrogen-bond donors (Lipinski definition) is 0. The van der Waals surface area contributed by atoms with E-state index in [-0.39, 0.29) is 17.9 Å². The highest BCUT2D eigenvalue weighted by Crippen LogP contribution is 2.45. The topological polar surface area (TPSA) is 67.7 Å². The monoisotopic (exact) mass is 534 g/mol. The van der Waals surface area contributed by atoms with Crippen LogP contribution in [0.2, 0.25) is 0 Å². The van der Waals surface area contributed by atoms with Gasteiger partial charge in [-0.25, -0.2) is 0 Å². The molecule has 0 fully saturated rings. The van der Waals surface area contributed by atoms with Gasteiger partial charge in [-0.15, -0.1) is 0 Å². The van der Waals surface area contributed by atoms with Gasteiger partial charge in [0.15, 0.2) is 0 Å². The minimum Gasteiger partial charge on any atom is -0.496 e. The maximum Gasteiger partial charge on any atom is 0.416 e. The van der Waals surface area contributed by atoms with Crippen LogP contribution in [-0.4, -0.2) is 35.2 Å². The number of fused-ring (bicyclic) bond motifs is 1. The molecule has 0 bridgehead atoms. The van der Waals surface area contributed by atoms with Crippen molar-refractivity contribution in [3.63, 3.8) is 0 Å². The van der Waals surface area contributed by atoms with Crippen molar-refractivity contribution in [2.24, 2.45) is 7.05 Å². The molecule has 7 nitrogen and oxygen atoms in total. The molecule has 0 aliphatic carbocycles. The predicted octanol–water partition coefficient (Wildman–Crippen LogP) is 5.93. The van der Waals surface area contributed by atoms with Crippen molar-refractivity contribution in [2.45, 2.75) is 19.0 Å². The lowest BCUT2D eigenvalue weighted by atomic mass is 9.92. The Morgan fingerprint density at radius 1 is 0.923 bits per heavy atom. The Labute approximate surface area is 223 Å². The van der Waals surface area contributed by atoms with Crippen LogP contribution in [0.4, 0.5) is 30.2 Å². The van der Waals surface area contributed by atoms with Gasteiger partial charge < -0.3 is 9.64 Å². The number of rotatable bonds is 5. The number of amides is 2. The molecule has 1 aromatic heterocycles. The number of hydrogen-bond acceptors (Lipinski definition) is 4. The molecule has 2 amide bonds. The average Bonchev–Trinajstić information content (AvgIpc) is 3.32. The fraction of sp³-hybridized carbons (Fsp3) is 0.207. The number of methoxy groups -OCH3 is 1. The maximum atomic E-state index is 14.4. The summed E-state index contributed by atoms with van der Waals surface area (Å²) in [4.78, 5) is 31.0. The summed E-state index contributed by atoms with van der Waals surface area (Å²) in [6.07, 6.45) is -1.19. The second-order valence-electron chi connectivity index (χ2n) is 9.09. The molecular formula is C29H25F3N4O3. The van der Waals surface area contributed by atoms with E-state index in [2.05, 4.69) is 5.10 Å². The summed E-state index contributed by atoms with van der Waals surface area (Å²) >= 11 is 0. The van der Waals surface area contributed by atoms with Crippen molar-refractivity contribution in [2.75, 3.05) is 23.5 Å². The number of anilines is 3. The standard InChI is InChI=1S/C29H25F3N4O3/c1-4-35-23-12-11-20(29(30,31)32)15-24(23)36(21-8-6-5-7-9-21)28(38)26(27(35)37)22-14-18(10-13-25(22)39-3)19-16-33-34(2)17-19/h5-17,26H,4H2,1-3H3. The molecule has 3 aromatic carbocycles. The second-order valence-corrected chi connectivity index (χ2v) is 9.09. The normalized spacial score (nSPS) is 15.8. The third-order valence-electron chi connectivity index (χ3n) is 6.72. The molecule has 5 rings (SSSR count). The van der Waals surface area contributed by atoms with E-state index in [9.17, 15) is 22.8 Å². The first kappa shape index (κ1) is 26.0. The van der Waals surface area contributed by atoms with Crippen LogP contribution in [-0.2, 0) is 22.8 Å². The summed E-state index contributed by atoms with van der Waals surface area (Å²) in [6.45, 7) is 1.84. The molecule has 39 heavy (non-hydrogen) atoms. The number of likely N-dealkylation sites (N-methyl/N-ethyl adjacent to an activating group) is 1. The molecule has 2 heterocycles. The van der Waals surface area contributed by atoms with E-state index in [0.29, 0.717) is 22.6 Å². The largest absolute Gasteiger partial charge is 0.496 e. The summed E-state index contributed by atoms with van der Waals surface area (Å²) in [5, 5.41) is 4.20. The quantitative estimate of drug-likeness (QED) is 0.298. The molecule has 1 aliphatic rings. The summed E-state index contributed by atoms with van der Waals surface area (Å²) < 4.78 is 48.5. The first-order valence-corrected chi connectivity index (χ1v) is 12.2. The second kappa shape index (κ2) is 9.94. The van der Waals surface area contributed by atoms with Gasteiger partial charge >= 0.3 is 6.18 Å². The number of para-hydroxylation sites is 1. The number of nitrogens with zero attached hydrogens (tertiary/aromatic N) is 4. The van der Waals surface area contributed by atoms with Gasteiger partial charge in [0.2, 0.25) is 11.8 Å². The molecule has 0 radical (unpaired) electrons. The third-order valence-corrected chi connectivity index (χ3v) is 6.72. The van der Waals surface area contributed by atoms with Gasteiger partial charge in [-0.3, -0.25) is 19.2 Å². The van der Waals surface area contributed by atoms with Crippen LogP contribution in [0.3, 0.4) is 0 Å². The van der Waals surface area contributed by atoms with E-state index in [1.54, 1.807) is 79.6 Å². The van der Waals surface area contributed by atoms with Gasteiger partial charge in [0, 0.05) is 36.6 Å². The fourth-order valence-corrected chi connectivity index (χ4v) is 4.88. The highest BCUT2D eigenvalue weighted by molar-refractivity contribution is 6.23. The molecule has 1 unspecified atom stereocenters. The van der Waals surface area contributed by atoms with E-state index >= 15 is 0 Å². The molecule has 0 saturated heterocycles. The summed E-state index contributed by atoms with van der Waals surface area (Å²) in [6, 6.07) is 16.6. The Balaban J connectivity index is 1.77. The Kier molecular flexibility index (Phi) is 6.63. The zero-order chi connectivity index (χ0) is 27.9. The van der Waals surface area contributed by atoms with Crippen LogP contribution in [0, 0.1) is 0 Å². The van der Waals surface area contributed by atoms with Crippen molar-refractivity contribution in [3.05, 3.63) is 90.3 Å². The van der Waals surface area contributed by atoms with E-state index in [4.69, 9.17) is 4.74 Å². The zero-order valence-electron chi connectivity index (χ0n) is 21.4. The van der Waals surface area contributed by atoms with Gasteiger partial charge in [-0.2, -0.15) is 18.3 Å². The van der Waals surface area contributed by atoms with Crippen molar-refractivity contribution < 1.29 is 27.5 Å². The van der Waals surface area contributed by atoms with Crippen molar-refractivity contribution in [1.29, 1.82) is 0 Å². The number of carbonyl (C=O) groups excluding carboxylic acids is 2. The van der Waals surface area contributed by atoms with Gasteiger partial charge in [0.05, 0.1) is 30.2 Å². The lowest BCUT2D eigenvalue weighted by Crippen LogP contribution is -2.39. The van der Waals surface area contributed by atoms with Gasteiger partial charge in [0.25, 0.3) is 0 Å². The van der Waals surface area contributed by atoms with Gasteiger partial charge in [-0.1, -0.05) is 24.3 Å². The number of carbonyl (C=O) groups is 2. The van der Waals surface area contributed by atoms with Crippen LogP contribution >= 0.6 is 0 Å². The summed E-state index contributed by atoms with van der Waals surface area (Å²) in [5.74, 6) is -2.34. The highest BCUT2D eigenvalue weighted by atomic mass is 19.4. The molecule has 4 aromatic rings. The molecule has 0 spiro atoms. The molecule has 200 valence electrons. The molecule has 0 saturated carbocycles. The van der Waals surface area contributed by atoms with Crippen molar-refractivity contribution >= 4 is 28.9 Å². The Bertz CT molecular complexity index is 1550. The van der Waals surface area contributed by atoms with Crippen LogP contribution in [0.25, 0.3) is 11.1 Å². The number of aryl methyl sites for hydroxylation is 1. The third kappa shape index (κ3) is 4.62. The number of aromatic nitrogens is 2. The Morgan fingerprint density at radius 2 is 1.67 bits per heavy atom. The number of ether oxygens (including phenoxy) is 1. The zero-order valence-corrected chi connectivity index (χ0v) is 21.4. The van der Waals surface area contributed by atoms with E-state index in [0.717, 1.165) is 17.7 Å². The van der Waals surface area contributed by atoms with Crippen molar-refractivity contribution in [3.8, 4) is 16.9 Å². The highest BCUT2D eigenvalue weighted by Gasteiger charge is 2.44. The van der Waals surface area contributed by atoms with E-state index < -0.39 is 29.5 Å². The Hall–Kier alpha value is -4.60. The number of benzene rings is 3. The minimum atomic E-state index is -4.64. The van der Waals surface area contributed by atoms with Crippen LogP contribution < -0.4 is 14.5 Å². The predicted molar refractivity (Wildman–Crippen MR) is 141 cm³/mol. The number of halogens is 3. The smallest absolute Gasteiger partial charge is 0.416 e. The number of alkyl halides is 3. The minimum absolute atomic E-state index is 0.0268. The molecule has 10 heteroatoms. The summed E-state index contributed by atoms with van der Waals surface area (Å²) in [5.41, 5.74) is 1.36. The summed E-state index contributed by atoms with van der Waals surface area (Å²) in [7, 11) is 3.21. The SMILES string of the molecule is CCN1C(=O)C(c2cc(-c3cnn(C)c3)ccc2OC)C(=O)N(c2ccccc2)c2cc(C(F)(F)F)ccc21. The lowest BCUT2D eigenvalue weighted by molar-refractivity contribution is -0.137. The first-order chi connectivity index (χ1) is 18.6. The van der Waals surface area contributed by atoms with Gasteiger partial charge in [-0.05, 0) is 55.0 Å². The van der Waals surface area contributed by atoms with E-state index in [1.807, 2.05) is 0 Å². The molecular weight excluding hydrogens is 509 g/mol. The van der Waals surface area contributed by atoms with E-state index in [1.165, 1.54) is 23.0 Å². The van der Waals surface area contributed by atoms with Gasteiger partial charge in [0.1, 0.15) is 11.7 Å². The molecule has 1 atom stereocenters. The van der Waals surface area contributed by atoms with Crippen LogP contribution in [0.1, 0.15) is 24.0 Å². The Morgan fingerprint density at radius 3 is 2.28 bits per heavy atom. The average molecular weight is 535 g/mol. The maximum absolute atomic E-state index is 14.4. The van der Waals surface area contributed by atoms with Crippen molar-refractivity contribution in [1.82, 2.24) is 9.78 Å². The lowest BCUT2D eigenvalue weighted by Gasteiger charge is -2.26. The van der Waals surface area contributed by atoms with Crippen LogP contribution in [0.15, 0.2) is 79.1 Å². The first-order valence-electron chi connectivity index (χ1n) is 12.2. The molecule has 0 N–H and O–H groups in total. The van der Waals surface area contributed by atoms with Crippen LogP contribution in [0.5, 0.6) is 5.75 Å². The molecule has 1 aliphatic heterocycles.